The van der Waals surface area contributed by atoms with Crippen molar-refractivity contribution in [1.29, 1.82) is 0 Å². The summed E-state index contributed by atoms with van der Waals surface area (Å²) in [5.74, 6) is -2.29. The molecule has 0 spiro atoms. The molecule has 3 amide bonds. The van der Waals surface area contributed by atoms with Crippen molar-refractivity contribution in [2.75, 3.05) is 56.2 Å². The first-order valence-electron chi connectivity index (χ1n) is 33.3. The largest absolute Gasteiger partial charge is 0.488 e. The second kappa shape index (κ2) is 48.0. The number of ether oxygens (including phenoxy) is 1. The van der Waals surface area contributed by atoms with Crippen LogP contribution in [0.2, 0.25) is 10.0 Å². The van der Waals surface area contributed by atoms with E-state index in [0.29, 0.717) is 80.3 Å². The summed E-state index contributed by atoms with van der Waals surface area (Å²) in [6.07, 6.45) is 12.6. The van der Waals surface area contributed by atoms with Gasteiger partial charge in [-0.1, -0.05) is 70.9 Å². The molecule has 0 radical (unpaired) electrons. The van der Waals surface area contributed by atoms with Crippen molar-refractivity contribution in [1.82, 2.24) is 44.5 Å². The summed E-state index contributed by atoms with van der Waals surface area (Å²) in [6.45, 7) is 12.8. The molecule has 596 valence electrons. The molecule has 0 aliphatic carbocycles. The predicted octanol–water partition coefficient (Wildman–Crippen LogP) is 16.6. The van der Waals surface area contributed by atoms with Crippen LogP contribution in [0, 0.1) is 13.8 Å². The molecule has 3 aliphatic rings. The number of H-pyrrole nitrogens is 1. The van der Waals surface area contributed by atoms with Crippen molar-refractivity contribution in [2.45, 2.75) is 79.3 Å². The molecular formula is C71H69BBr5Cl3IN9O16S6. The number of aromatic carboxylic acids is 2. The van der Waals surface area contributed by atoms with Gasteiger partial charge in [-0.3, -0.25) is 38.4 Å². The van der Waals surface area contributed by atoms with Crippen molar-refractivity contribution in [2.24, 2.45) is 0 Å². The zero-order valence-corrected chi connectivity index (χ0v) is 76.9. The Morgan fingerprint density at radius 2 is 1.03 bits per heavy atom. The van der Waals surface area contributed by atoms with Gasteiger partial charge < -0.3 is 39.7 Å². The third-order valence-corrected chi connectivity index (χ3v) is 26.8. The number of rotatable bonds is 13. The van der Waals surface area contributed by atoms with Crippen molar-refractivity contribution in [3.63, 3.8) is 0 Å². The van der Waals surface area contributed by atoms with E-state index < -0.39 is 25.0 Å². The van der Waals surface area contributed by atoms with Gasteiger partial charge in [0.05, 0.1) is 81.9 Å². The zero-order chi connectivity index (χ0) is 82.5. The summed E-state index contributed by atoms with van der Waals surface area (Å²) in [5, 5.41) is 64.4. The Labute approximate surface area is 736 Å². The van der Waals surface area contributed by atoms with Crippen LogP contribution in [-0.2, 0) is 32.2 Å². The molecular weight excluding hydrogens is 2070 g/mol. The fraction of sp³-hybridized carbons (Fsp3) is 0.296. The lowest BCUT2D eigenvalue weighted by molar-refractivity contribution is -0.131. The Kier molecular flexibility index (Phi) is 40.8. The van der Waals surface area contributed by atoms with Gasteiger partial charge in [0.15, 0.2) is 12.6 Å². The van der Waals surface area contributed by atoms with E-state index in [0.717, 1.165) is 134 Å². The van der Waals surface area contributed by atoms with Gasteiger partial charge in [-0.15, -0.1) is 68.3 Å². The highest BCUT2D eigenvalue weighted by Crippen LogP contribution is 2.34. The quantitative estimate of drug-likeness (QED) is 0.0235. The van der Waals surface area contributed by atoms with E-state index >= 15 is 0 Å². The van der Waals surface area contributed by atoms with E-state index in [4.69, 9.17) is 59.8 Å². The van der Waals surface area contributed by atoms with Gasteiger partial charge in [-0.2, -0.15) is 26.6 Å². The molecule has 3 saturated heterocycles. The number of nitrogens with one attached hydrogen (secondary N) is 1. The van der Waals surface area contributed by atoms with Gasteiger partial charge in [0.1, 0.15) is 19.0 Å². The fourth-order valence-electron chi connectivity index (χ4n) is 10.3. The van der Waals surface area contributed by atoms with Crippen LogP contribution >= 0.6 is 205 Å². The molecule has 9 aromatic heterocycles. The number of aromatic nitrogens is 6. The van der Waals surface area contributed by atoms with Gasteiger partial charge in [-0.05, 0) is 184 Å². The lowest BCUT2D eigenvalue weighted by Gasteiger charge is -2.15. The van der Waals surface area contributed by atoms with Crippen LogP contribution < -0.4 is 22.1 Å². The van der Waals surface area contributed by atoms with Crippen molar-refractivity contribution >= 4 is 296 Å². The Balaban J connectivity index is 0.000000205. The Morgan fingerprint density at radius 1 is 0.580 bits per heavy atom. The van der Waals surface area contributed by atoms with E-state index in [1.807, 2.05) is 53.1 Å². The van der Waals surface area contributed by atoms with Crippen LogP contribution in [0.3, 0.4) is 0 Å². The predicted molar refractivity (Wildman–Crippen MR) is 474 cm³/mol. The lowest BCUT2D eigenvalue weighted by Crippen LogP contribution is -2.35. The van der Waals surface area contributed by atoms with Crippen LogP contribution in [0.4, 0.5) is 0 Å². The number of likely N-dealkylation sites (tertiary alicyclic amines) is 3. The highest BCUT2D eigenvalue weighted by atomic mass is 127. The normalized spacial score (nSPS) is 12.4. The minimum Gasteiger partial charge on any atom is -0.478 e. The maximum Gasteiger partial charge on any atom is 0.488 e. The smallest absolute Gasteiger partial charge is 0.478 e. The maximum absolute atomic E-state index is 13.0. The number of aryl methyl sites for hydroxylation is 2. The standard InChI is InChI=1S/C19H18ClN3O2S.C12H12BrN3O2S.C8H7BrO3S.C7H8BClO2.C6H3BrN2OS.C6H3BrO3S.C6H10ClNO.C5H3BrO2S.C2H5I/c1-12-8-13(4-5-15(12)20)14-11-26-16-9-21-23(19(25)18(14)16)10-17(24)22-6-2-3-7-22;13-8-7-19-9-5-14-16(12(18)11(8)9)6-10(17)15-3-1-2-4-15;1-2-12-8(11)7-5(9)4-13-6(7)3-10;1-5-4-6(8(10)11)2-3-7(5)9;7-3-2-11-4-1-8-9-6(10)5(3)4;7-3-2-11-4(1-8)5(3)6(9)10;7-5-6(9)8-3-1-2-4-8;6-4-2-9-1-3(4)5(7)8;1-2-3/h4-5,8-9,11H,2-3,6-7,10H2,1H3;5,7H,1-4,6H2;3-4H,2H2,1H3;2-4,10-11H,1H3;2*1-2H,(H,9,10);1-5H2;1-2H,(H,7,8);2H2,1H3. The summed E-state index contributed by atoms with van der Waals surface area (Å²) in [5.41, 5.74) is 4.20. The van der Waals surface area contributed by atoms with E-state index in [9.17, 15) is 52.7 Å². The lowest BCUT2D eigenvalue weighted by atomic mass is 9.80. The molecule has 41 heteroatoms. The van der Waals surface area contributed by atoms with Gasteiger partial charge in [0.25, 0.3) is 16.7 Å². The zero-order valence-electron chi connectivity index (χ0n) is 59.6. The number of fused-ring (bicyclic) bond motifs is 3. The van der Waals surface area contributed by atoms with Crippen molar-refractivity contribution in [3.05, 3.63) is 194 Å². The molecule has 14 rings (SSSR count). The highest BCUT2D eigenvalue weighted by Gasteiger charge is 2.24. The van der Waals surface area contributed by atoms with E-state index in [2.05, 4.69) is 130 Å². The van der Waals surface area contributed by atoms with E-state index in [1.165, 1.54) is 70.5 Å². The highest BCUT2D eigenvalue weighted by molar-refractivity contribution is 14.1. The molecule has 25 nitrogen and oxygen atoms in total. The summed E-state index contributed by atoms with van der Waals surface area (Å²) in [4.78, 5) is 131. The fourth-order valence-corrected chi connectivity index (χ4v) is 19.2. The van der Waals surface area contributed by atoms with Gasteiger partial charge >= 0.3 is 25.0 Å². The number of carboxylic acids is 2. The van der Waals surface area contributed by atoms with Gasteiger partial charge in [-0.25, -0.2) is 28.8 Å². The first kappa shape index (κ1) is 95.1. The molecule has 2 aromatic carbocycles. The van der Waals surface area contributed by atoms with Crippen molar-refractivity contribution < 1.29 is 63.4 Å². The number of nitrogens with zero attached hydrogens (tertiary/aromatic N) is 8. The number of benzene rings is 2. The number of alkyl halides is 2. The number of amides is 3. The second-order valence-electron chi connectivity index (χ2n) is 23.3. The number of aldehydes is 2. The summed E-state index contributed by atoms with van der Waals surface area (Å²) < 4.78 is 14.4. The molecule has 112 heavy (non-hydrogen) atoms. The molecule has 0 saturated carbocycles. The molecule has 3 aliphatic heterocycles. The summed E-state index contributed by atoms with van der Waals surface area (Å²) in [7, 11) is -1.41. The summed E-state index contributed by atoms with van der Waals surface area (Å²) in [6, 6.07) is 10.6. The summed E-state index contributed by atoms with van der Waals surface area (Å²) >= 11 is 43.5. The number of carboxylic acid groups (broad SMARTS) is 2. The third-order valence-electron chi connectivity index (χ3n) is 15.8. The maximum atomic E-state index is 13.0. The van der Waals surface area contributed by atoms with Crippen LogP contribution in [0.25, 0.3) is 41.4 Å². The van der Waals surface area contributed by atoms with E-state index in [1.54, 1.807) is 75.0 Å². The number of esters is 1. The Hall–Kier alpha value is -5.80. The number of hydrogen-bond acceptors (Lipinski definition) is 23. The number of thiophene rings is 6. The minimum atomic E-state index is -1.41. The SMILES string of the molecule is CCI.CCOC(=O)c1c(Br)csc1C=O.Cc1cc(-c2csc3cnn(CC(=O)N4CCCC4)c(=O)c23)ccc1Cl.Cc1cc(B(O)O)ccc1Cl.O=C(CCl)N1CCCC1.O=C(Cn1ncc2scc(Br)c2c1=O)N1CCCC1.O=C(O)c1cscc1Br.O=Cc1scc(Br)c1C(=O)O.O=c1[nH]ncc2scc(Br)c12. The van der Waals surface area contributed by atoms with E-state index in [-0.39, 0.29) is 63.8 Å². The number of aromatic amines is 1. The average molecular weight is 2140 g/mol. The molecule has 11 aromatic rings. The first-order valence-corrected chi connectivity index (χ1v) is 45.4. The molecule has 12 heterocycles. The van der Waals surface area contributed by atoms with Crippen LogP contribution in [0.1, 0.15) is 114 Å². The monoisotopic (exact) mass is 2130 g/mol. The Bertz CT molecular complexity index is 5270. The molecule has 0 unspecified atom stereocenters. The number of carbonyl (C=O) groups is 8. The average Bonchev–Trinajstić information content (AvgIpc) is 1.60. The first-order chi connectivity index (χ1) is 53.4. The number of halogens is 9. The number of hydrogen-bond donors (Lipinski definition) is 5. The number of carbonyl (C=O) groups excluding carboxylic acids is 6. The van der Waals surface area contributed by atoms with Crippen LogP contribution in [0.15, 0.2) is 129 Å². The van der Waals surface area contributed by atoms with Crippen LogP contribution in [-0.4, -0.2) is 176 Å². The minimum absolute atomic E-state index is 0.0102. The van der Waals surface area contributed by atoms with Gasteiger partial charge in [0, 0.05) is 115 Å². The Morgan fingerprint density at radius 3 is 1.46 bits per heavy atom. The topological polar surface area (TPSA) is 352 Å². The molecule has 0 bridgehead atoms. The van der Waals surface area contributed by atoms with Crippen LogP contribution in [0.5, 0.6) is 0 Å². The van der Waals surface area contributed by atoms with Gasteiger partial charge in [0.2, 0.25) is 17.7 Å². The molecule has 0 atom stereocenters. The third kappa shape index (κ3) is 27.4. The second-order valence-corrected chi connectivity index (χ2v) is 35.5. The molecule has 3 fully saturated rings. The van der Waals surface area contributed by atoms with Crippen molar-refractivity contribution in [3.8, 4) is 11.1 Å². The molecule has 5 N–H and O–H groups in total.